The van der Waals surface area contributed by atoms with Gasteiger partial charge in [0, 0.05) is 6.54 Å². The minimum absolute atomic E-state index is 0.125. The van der Waals surface area contributed by atoms with Crippen molar-refractivity contribution in [2.75, 3.05) is 18.4 Å². The molecular formula is C11H11Cl2N3O2. The quantitative estimate of drug-likeness (QED) is 0.761. The van der Waals surface area contributed by atoms with Crippen molar-refractivity contribution in [3.05, 3.63) is 28.2 Å². The van der Waals surface area contributed by atoms with Crippen molar-refractivity contribution in [1.29, 1.82) is 0 Å². The zero-order valence-electron chi connectivity index (χ0n) is 9.30. The summed E-state index contributed by atoms with van der Waals surface area (Å²) in [4.78, 5) is 22.9. The highest BCUT2D eigenvalue weighted by molar-refractivity contribution is 6.44. The predicted octanol–water partition coefficient (Wildman–Crippen LogP) is 1.02. The van der Waals surface area contributed by atoms with E-state index in [1.165, 1.54) is 0 Å². The van der Waals surface area contributed by atoms with E-state index in [0.717, 1.165) is 0 Å². The van der Waals surface area contributed by atoms with Crippen LogP contribution >= 0.6 is 23.2 Å². The molecule has 1 aliphatic heterocycles. The highest BCUT2D eigenvalue weighted by atomic mass is 35.5. The van der Waals surface area contributed by atoms with Gasteiger partial charge in [-0.05, 0) is 12.1 Å². The van der Waals surface area contributed by atoms with Crippen molar-refractivity contribution in [2.24, 2.45) is 0 Å². The van der Waals surface area contributed by atoms with Gasteiger partial charge in [-0.15, -0.1) is 0 Å². The fraction of sp³-hybridized carbons (Fsp3) is 0.273. The number of hydrogen-bond donors (Lipinski definition) is 3. The van der Waals surface area contributed by atoms with Crippen LogP contribution in [0.25, 0.3) is 0 Å². The highest BCUT2D eigenvalue weighted by Crippen LogP contribution is 2.29. The van der Waals surface area contributed by atoms with E-state index in [-0.39, 0.29) is 24.9 Å². The lowest BCUT2D eigenvalue weighted by atomic mass is 10.2. The van der Waals surface area contributed by atoms with E-state index in [1.54, 1.807) is 18.2 Å². The zero-order chi connectivity index (χ0) is 13.1. The second kappa shape index (κ2) is 5.56. The molecule has 0 bridgehead atoms. The number of benzene rings is 1. The molecule has 1 heterocycles. The van der Waals surface area contributed by atoms with Crippen molar-refractivity contribution in [3.8, 4) is 0 Å². The first-order valence-corrected chi connectivity index (χ1v) is 6.08. The number of carbonyl (C=O) groups excluding carboxylic acids is 2. The lowest BCUT2D eigenvalue weighted by Crippen LogP contribution is -2.56. The summed E-state index contributed by atoms with van der Waals surface area (Å²) in [5.41, 5.74) is 0.452. The molecule has 1 aromatic carbocycles. The number of halogens is 2. The minimum atomic E-state index is -0.474. The van der Waals surface area contributed by atoms with Crippen LogP contribution in [0.4, 0.5) is 5.69 Å². The van der Waals surface area contributed by atoms with Crippen LogP contribution in [0.15, 0.2) is 18.2 Å². The molecule has 0 aliphatic carbocycles. The molecular weight excluding hydrogens is 277 g/mol. The molecule has 0 saturated carbocycles. The molecule has 7 heteroatoms. The van der Waals surface area contributed by atoms with Gasteiger partial charge < -0.3 is 10.6 Å². The minimum Gasteiger partial charge on any atom is -0.353 e. The molecule has 1 atom stereocenters. The van der Waals surface area contributed by atoms with Crippen LogP contribution < -0.4 is 16.0 Å². The van der Waals surface area contributed by atoms with E-state index in [0.29, 0.717) is 15.7 Å². The molecule has 0 aromatic heterocycles. The maximum absolute atomic E-state index is 11.9. The molecule has 18 heavy (non-hydrogen) atoms. The summed E-state index contributed by atoms with van der Waals surface area (Å²) in [5.74, 6) is -0.390. The number of rotatable bonds is 2. The third-order valence-corrected chi connectivity index (χ3v) is 3.36. The lowest BCUT2D eigenvalue weighted by Gasteiger charge is -2.23. The summed E-state index contributed by atoms with van der Waals surface area (Å²) in [5, 5.41) is 8.77. The van der Waals surface area contributed by atoms with Gasteiger partial charge in [-0.25, -0.2) is 0 Å². The topological polar surface area (TPSA) is 70.2 Å². The Kier molecular flexibility index (Phi) is 4.06. The molecule has 1 unspecified atom stereocenters. The number of amides is 2. The van der Waals surface area contributed by atoms with E-state index in [2.05, 4.69) is 16.0 Å². The molecule has 0 radical (unpaired) electrons. The largest absolute Gasteiger partial charge is 0.353 e. The van der Waals surface area contributed by atoms with E-state index in [1.807, 2.05) is 0 Å². The average Bonchev–Trinajstić information content (AvgIpc) is 2.36. The van der Waals surface area contributed by atoms with Crippen LogP contribution in [-0.2, 0) is 9.59 Å². The van der Waals surface area contributed by atoms with Gasteiger partial charge in [0.05, 0.1) is 22.3 Å². The molecule has 5 nitrogen and oxygen atoms in total. The van der Waals surface area contributed by atoms with Gasteiger partial charge in [0.15, 0.2) is 0 Å². The molecule has 3 N–H and O–H groups in total. The van der Waals surface area contributed by atoms with Crippen LogP contribution in [-0.4, -0.2) is 30.9 Å². The molecule has 2 rings (SSSR count). The first-order valence-electron chi connectivity index (χ1n) is 5.33. The maximum Gasteiger partial charge on any atom is 0.243 e. The molecule has 1 aromatic rings. The van der Waals surface area contributed by atoms with Gasteiger partial charge in [-0.1, -0.05) is 29.3 Å². The van der Waals surface area contributed by atoms with Crippen LogP contribution in [0.2, 0.25) is 10.0 Å². The van der Waals surface area contributed by atoms with Crippen LogP contribution in [0, 0.1) is 0 Å². The van der Waals surface area contributed by atoms with E-state index >= 15 is 0 Å². The Morgan fingerprint density at radius 3 is 2.83 bits per heavy atom. The monoisotopic (exact) mass is 287 g/mol. The first-order chi connectivity index (χ1) is 8.58. The van der Waals surface area contributed by atoms with E-state index < -0.39 is 6.04 Å². The van der Waals surface area contributed by atoms with Gasteiger partial charge in [-0.3, -0.25) is 14.9 Å². The van der Waals surface area contributed by atoms with Crippen molar-refractivity contribution < 1.29 is 9.59 Å². The van der Waals surface area contributed by atoms with Gasteiger partial charge in [0.2, 0.25) is 11.8 Å². The summed E-state index contributed by atoms with van der Waals surface area (Å²) in [6.45, 7) is 0.379. The molecule has 1 aliphatic rings. The Morgan fingerprint density at radius 2 is 2.17 bits per heavy atom. The maximum atomic E-state index is 11.9. The third-order valence-electron chi connectivity index (χ3n) is 2.54. The number of nitrogens with one attached hydrogen (secondary N) is 3. The molecule has 1 saturated heterocycles. The summed E-state index contributed by atoms with van der Waals surface area (Å²) >= 11 is 11.8. The SMILES string of the molecule is O=C1CNC(C(=O)Nc2cccc(Cl)c2Cl)CN1. The average molecular weight is 288 g/mol. The Morgan fingerprint density at radius 1 is 1.39 bits per heavy atom. The summed E-state index contributed by atoms with van der Waals surface area (Å²) in [6.07, 6.45) is 0. The highest BCUT2D eigenvalue weighted by Gasteiger charge is 2.24. The van der Waals surface area contributed by atoms with Crippen LogP contribution in [0.3, 0.4) is 0 Å². The number of carbonyl (C=O) groups is 2. The van der Waals surface area contributed by atoms with Crippen LogP contribution in [0.5, 0.6) is 0 Å². The van der Waals surface area contributed by atoms with Gasteiger partial charge in [-0.2, -0.15) is 0 Å². The normalized spacial score (nSPS) is 19.2. The summed E-state index contributed by atoms with van der Waals surface area (Å²) < 4.78 is 0. The second-order valence-corrected chi connectivity index (χ2v) is 4.61. The third kappa shape index (κ3) is 2.93. The molecule has 1 fully saturated rings. The van der Waals surface area contributed by atoms with E-state index in [4.69, 9.17) is 23.2 Å². The Labute approximate surface area is 114 Å². The van der Waals surface area contributed by atoms with Gasteiger partial charge >= 0.3 is 0 Å². The standard InChI is InChI=1S/C11H11Cl2N3O2/c12-6-2-1-3-7(10(6)13)16-11(18)8-4-15-9(17)5-14-8/h1-3,8,14H,4-5H2,(H,15,17)(H,16,18). The Hall–Kier alpha value is -1.30. The number of anilines is 1. The lowest BCUT2D eigenvalue weighted by molar-refractivity contribution is -0.124. The van der Waals surface area contributed by atoms with E-state index in [9.17, 15) is 9.59 Å². The van der Waals surface area contributed by atoms with Gasteiger partial charge in [0.1, 0.15) is 6.04 Å². The Bertz CT molecular complexity index is 483. The smallest absolute Gasteiger partial charge is 0.243 e. The second-order valence-electron chi connectivity index (χ2n) is 3.83. The number of hydrogen-bond acceptors (Lipinski definition) is 3. The fourth-order valence-electron chi connectivity index (χ4n) is 1.57. The summed E-state index contributed by atoms with van der Waals surface area (Å²) in [7, 11) is 0. The van der Waals surface area contributed by atoms with Gasteiger partial charge in [0.25, 0.3) is 0 Å². The molecule has 0 spiro atoms. The number of piperazine rings is 1. The fourth-order valence-corrected chi connectivity index (χ4v) is 1.92. The first kappa shape index (κ1) is 13.1. The van der Waals surface area contributed by atoms with Crippen LogP contribution in [0.1, 0.15) is 0 Å². The van der Waals surface area contributed by atoms with Crippen molar-refractivity contribution >= 4 is 40.7 Å². The predicted molar refractivity (Wildman–Crippen MR) is 69.9 cm³/mol. The van der Waals surface area contributed by atoms with Crippen molar-refractivity contribution in [3.63, 3.8) is 0 Å². The summed E-state index contributed by atoms with van der Waals surface area (Å²) in [6, 6.07) is 4.52. The Balaban J connectivity index is 2.03. The zero-order valence-corrected chi connectivity index (χ0v) is 10.8. The van der Waals surface area contributed by atoms with Crippen molar-refractivity contribution in [2.45, 2.75) is 6.04 Å². The molecule has 2 amide bonds. The van der Waals surface area contributed by atoms with Crippen molar-refractivity contribution in [1.82, 2.24) is 10.6 Å². The molecule has 96 valence electrons.